The second-order valence-corrected chi connectivity index (χ2v) is 13.4. The summed E-state index contributed by atoms with van der Waals surface area (Å²) in [6, 6.07) is 18.8. The zero-order chi connectivity index (χ0) is 33.3. The van der Waals surface area contributed by atoms with E-state index in [1.807, 2.05) is 67.5 Å². The van der Waals surface area contributed by atoms with Gasteiger partial charge in [-0.25, -0.2) is 22.7 Å². The SMILES string of the molecule is CN(C)c1cccc2c(S(=O)(=O)NCCn3cc(COC[C@H](NC(=O)OC(C)(C)C)C(=O)OCc4ccccc4)nn3)cccc12. The van der Waals surface area contributed by atoms with Crippen LogP contribution in [0.5, 0.6) is 0 Å². The molecule has 0 saturated heterocycles. The van der Waals surface area contributed by atoms with Gasteiger partial charge in [0.15, 0.2) is 6.04 Å². The molecule has 2 N–H and O–H groups in total. The lowest BCUT2D eigenvalue weighted by atomic mass is 10.1. The molecule has 246 valence electrons. The lowest BCUT2D eigenvalue weighted by molar-refractivity contribution is -0.149. The molecule has 1 aromatic heterocycles. The number of sulfonamides is 1. The van der Waals surface area contributed by atoms with Gasteiger partial charge >= 0.3 is 12.1 Å². The first-order valence-corrected chi connectivity index (χ1v) is 16.2. The number of anilines is 1. The van der Waals surface area contributed by atoms with E-state index in [9.17, 15) is 18.0 Å². The van der Waals surface area contributed by atoms with Crippen molar-refractivity contribution in [2.24, 2.45) is 0 Å². The van der Waals surface area contributed by atoms with Gasteiger partial charge in [0.2, 0.25) is 10.0 Å². The first-order valence-electron chi connectivity index (χ1n) is 14.7. The van der Waals surface area contributed by atoms with Crippen LogP contribution in [-0.2, 0) is 48.8 Å². The number of hydrogen-bond acceptors (Lipinski definition) is 10. The highest BCUT2D eigenvalue weighted by Crippen LogP contribution is 2.30. The zero-order valence-electron chi connectivity index (χ0n) is 26.6. The highest BCUT2D eigenvalue weighted by atomic mass is 32.2. The number of aromatic nitrogens is 3. The molecule has 1 heterocycles. The number of carbonyl (C=O) groups is 2. The molecule has 0 bridgehead atoms. The van der Waals surface area contributed by atoms with E-state index in [0.29, 0.717) is 11.1 Å². The second kappa shape index (κ2) is 15.2. The van der Waals surface area contributed by atoms with Crippen molar-refractivity contribution < 1.29 is 32.2 Å². The van der Waals surface area contributed by atoms with Crippen molar-refractivity contribution in [1.82, 2.24) is 25.0 Å². The number of carbonyl (C=O) groups excluding carboxylic acids is 2. The van der Waals surface area contributed by atoms with E-state index in [0.717, 1.165) is 16.6 Å². The maximum absolute atomic E-state index is 13.2. The average molecular weight is 653 g/mol. The Morgan fingerprint density at radius 3 is 2.39 bits per heavy atom. The average Bonchev–Trinajstić information content (AvgIpc) is 3.45. The molecule has 0 spiro atoms. The van der Waals surface area contributed by atoms with Crippen LogP contribution in [0.15, 0.2) is 77.8 Å². The minimum absolute atomic E-state index is 0.0194. The first kappa shape index (κ1) is 34.3. The highest BCUT2D eigenvalue weighted by molar-refractivity contribution is 7.89. The van der Waals surface area contributed by atoms with Gasteiger partial charge in [-0.1, -0.05) is 59.8 Å². The Bertz CT molecular complexity index is 1740. The Morgan fingerprint density at radius 1 is 0.957 bits per heavy atom. The molecule has 0 saturated carbocycles. The summed E-state index contributed by atoms with van der Waals surface area (Å²) in [5, 5.41) is 12.1. The number of alkyl carbamates (subject to hydrolysis) is 1. The molecule has 1 atom stereocenters. The zero-order valence-corrected chi connectivity index (χ0v) is 27.4. The minimum Gasteiger partial charge on any atom is -0.459 e. The van der Waals surface area contributed by atoms with Crippen LogP contribution >= 0.6 is 0 Å². The molecule has 1 amide bonds. The highest BCUT2D eigenvalue weighted by Gasteiger charge is 2.26. The van der Waals surface area contributed by atoms with Gasteiger partial charge in [-0.3, -0.25) is 4.68 Å². The van der Waals surface area contributed by atoms with Gasteiger partial charge in [-0.2, -0.15) is 0 Å². The standard InChI is InChI=1S/C32H40N6O7S/c1-32(2,3)45-31(40)34-27(30(39)44-20-23-11-7-6-8-12-23)22-43-21-24-19-38(36-35-24)18-17-33-46(41,42)29-16-10-13-25-26(29)14-9-15-28(25)37(4)5/h6-16,19,27,33H,17-18,20-22H2,1-5H3,(H,34,40)/t27-/m0/s1. The van der Waals surface area contributed by atoms with Gasteiger partial charge in [-0.15, -0.1) is 5.10 Å². The third-order valence-corrected chi connectivity index (χ3v) is 8.10. The molecule has 0 unspecified atom stereocenters. The Labute approximate surface area is 268 Å². The van der Waals surface area contributed by atoms with Gasteiger partial charge in [-0.05, 0) is 38.5 Å². The van der Waals surface area contributed by atoms with Gasteiger partial charge < -0.3 is 24.4 Å². The number of nitrogens with one attached hydrogen (secondary N) is 2. The maximum Gasteiger partial charge on any atom is 0.408 e. The van der Waals surface area contributed by atoms with Gasteiger partial charge in [0.25, 0.3) is 0 Å². The van der Waals surface area contributed by atoms with Crippen LogP contribution in [0.2, 0.25) is 0 Å². The summed E-state index contributed by atoms with van der Waals surface area (Å²) in [4.78, 5) is 27.3. The predicted octanol–water partition coefficient (Wildman–Crippen LogP) is 3.63. The molecule has 0 aliphatic heterocycles. The van der Waals surface area contributed by atoms with E-state index in [-0.39, 0.29) is 37.8 Å². The summed E-state index contributed by atoms with van der Waals surface area (Å²) in [6.07, 6.45) is 0.826. The van der Waals surface area contributed by atoms with Crippen LogP contribution in [0.3, 0.4) is 0 Å². The second-order valence-electron chi connectivity index (χ2n) is 11.7. The van der Waals surface area contributed by atoms with Crippen LogP contribution in [0.1, 0.15) is 32.0 Å². The third kappa shape index (κ3) is 9.73. The summed E-state index contributed by atoms with van der Waals surface area (Å²) >= 11 is 0. The molecular formula is C32H40N6O7S. The summed E-state index contributed by atoms with van der Waals surface area (Å²) < 4.78 is 46.9. The number of amides is 1. The maximum atomic E-state index is 13.2. The minimum atomic E-state index is -3.81. The summed E-state index contributed by atoms with van der Waals surface area (Å²) in [7, 11) is 0.00559. The number of rotatable bonds is 14. The predicted molar refractivity (Wildman–Crippen MR) is 173 cm³/mol. The third-order valence-electron chi connectivity index (χ3n) is 6.58. The Hall–Kier alpha value is -4.53. The van der Waals surface area contributed by atoms with Crippen molar-refractivity contribution in [2.75, 3.05) is 32.1 Å². The number of benzene rings is 3. The fourth-order valence-corrected chi connectivity index (χ4v) is 5.74. The molecule has 3 aromatic carbocycles. The lowest BCUT2D eigenvalue weighted by Gasteiger charge is -2.23. The monoisotopic (exact) mass is 652 g/mol. The van der Waals surface area contributed by atoms with Crippen molar-refractivity contribution >= 4 is 38.5 Å². The molecule has 14 heteroatoms. The van der Waals surface area contributed by atoms with E-state index in [1.165, 1.54) is 4.68 Å². The number of fused-ring (bicyclic) bond motifs is 1. The number of esters is 1. The summed E-state index contributed by atoms with van der Waals surface area (Å²) in [5.41, 5.74) is 1.40. The van der Waals surface area contributed by atoms with Crippen molar-refractivity contribution in [3.8, 4) is 0 Å². The summed E-state index contributed by atoms with van der Waals surface area (Å²) in [6.45, 7) is 5.23. The smallest absolute Gasteiger partial charge is 0.408 e. The number of ether oxygens (including phenoxy) is 3. The largest absolute Gasteiger partial charge is 0.459 e. The van der Waals surface area contributed by atoms with E-state index >= 15 is 0 Å². The van der Waals surface area contributed by atoms with Crippen LogP contribution in [0, 0.1) is 0 Å². The fourth-order valence-electron chi connectivity index (χ4n) is 4.50. The normalized spacial score (nSPS) is 12.5. The van der Waals surface area contributed by atoms with Crippen molar-refractivity contribution in [1.29, 1.82) is 0 Å². The number of hydrogen-bond donors (Lipinski definition) is 2. The molecule has 0 aliphatic carbocycles. The molecule has 0 aliphatic rings. The van der Waals surface area contributed by atoms with Crippen molar-refractivity contribution in [2.45, 2.75) is 57.1 Å². The topological polar surface area (TPSA) is 154 Å². The van der Waals surface area contributed by atoms with E-state index in [2.05, 4.69) is 20.4 Å². The van der Waals surface area contributed by atoms with Crippen LogP contribution in [0.4, 0.5) is 10.5 Å². The van der Waals surface area contributed by atoms with E-state index < -0.39 is 33.7 Å². The van der Waals surface area contributed by atoms with Gasteiger partial charge in [0.05, 0.1) is 30.9 Å². The molecular weight excluding hydrogens is 612 g/mol. The Balaban J connectivity index is 1.31. The van der Waals surface area contributed by atoms with Gasteiger partial charge in [0, 0.05) is 37.1 Å². The molecule has 13 nitrogen and oxygen atoms in total. The first-order chi connectivity index (χ1) is 21.8. The molecule has 4 aromatic rings. The Morgan fingerprint density at radius 2 is 1.67 bits per heavy atom. The molecule has 46 heavy (non-hydrogen) atoms. The molecule has 0 radical (unpaired) electrons. The molecule has 0 fully saturated rings. The quantitative estimate of drug-likeness (QED) is 0.193. The Kier molecular flexibility index (Phi) is 11.3. The van der Waals surface area contributed by atoms with Crippen LogP contribution in [-0.4, -0.2) is 74.4 Å². The van der Waals surface area contributed by atoms with Crippen LogP contribution in [0.25, 0.3) is 10.8 Å². The van der Waals surface area contributed by atoms with Crippen molar-refractivity contribution in [3.05, 3.63) is 84.2 Å². The van der Waals surface area contributed by atoms with E-state index in [1.54, 1.807) is 45.2 Å². The van der Waals surface area contributed by atoms with Crippen molar-refractivity contribution in [3.63, 3.8) is 0 Å². The molecule has 4 rings (SSSR count). The van der Waals surface area contributed by atoms with E-state index in [4.69, 9.17) is 14.2 Å². The summed E-state index contributed by atoms with van der Waals surface area (Å²) in [5.74, 6) is -0.685. The van der Waals surface area contributed by atoms with Gasteiger partial charge in [0.1, 0.15) is 17.9 Å². The fraction of sp³-hybridized carbons (Fsp3) is 0.375. The van der Waals surface area contributed by atoms with Crippen LogP contribution < -0.4 is 14.9 Å². The lowest BCUT2D eigenvalue weighted by Crippen LogP contribution is -2.46. The number of nitrogens with zero attached hydrogens (tertiary/aromatic N) is 4.